The molecule has 1 aromatic heterocycles. The number of thioether (sulfide) groups is 1. The summed E-state index contributed by atoms with van der Waals surface area (Å²) in [7, 11) is 0. The molecular weight excluding hydrogens is 252 g/mol. The smallest absolute Gasteiger partial charge is 0.126 e. The van der Waals surface area contributed by atoms with Crippen molar-refractivity contribution in [1.29, 1.82) is 0 Å². The molecule has 0 saturated heterocycles. The van der Waals surface area contributed by atoms with E-state index in [0.29, 0.717) is 0 Å². The number of hydrogen-bond acceptors (Lipinski definition) is 2. The van der Waals surface area contributed by atoms with Crippen molar-refractivity contribution in [2.24, 2.45) is 0 Å². The van der Waals surface area contributed by atoms with Crippen LogP contribution in [0.15, 0.2) is 53.6 Å². The number of aryl methyl sites for hydroxylation is 1. The molecule has 0 spiro atoms. The van der Waals surface area contributed by atoms with Gasteiger partial charge in [0.15, 0.2) is 0 Å². The van der Waals surface area contributed by atoms with E-state index < -0.39 is 0 Å². The van der Waals surface area contributed by atoms with Gasteiger partial charge in [-0.3, -0.25) is 0 Å². The lowest BCUT2D eigenvalue weighted by molar-refractivity contribution is 0.861. The van der Waals surface area contributed by atoms with Crippen molar-refractivity contribution in [1.82, 2.24) is 9.78 Å². The third-order valence-electron chi connectivity index (χ3n) is 3.34. The SMILES string of the molecule is CCc1cccc2c1c(SC)nn2-c1ccccc1. The number of para-hydroxylation sites is 1. The lowest BCUT2D eigenvalue weighted by Crippen LogP contribution is -1.95. The van der Waals surface area contributed by atoms with Gasteiger partial charge in [0.2, 0.25) is 0 Å². The average Bonchev–Trinajstić information content (AvgIpc) is 2.87. The number of nitrogens with zero attached hydrogens (tertiary/aromatic N) is 2. The maximum atomic E-state index is 4.77. The van der Waals surface area contributed by atoms with Gasteiger partial charge in [-0.15, -0.1) is 11.8 Å². The number of rotatable bonds is 3. The van der Waals surface area contributed by atoms with Crippen LogP contribution in [0.3, 0.4) is 0 Å². The lowest BCUT2D eigenvalue weighted by atomic mass is 10.1. The Hall–Kier alpha value is -1.74. The Bertz CT molecular complexity index is 701. The van der Waals surface area contributed by atoms with Gasteiger partial charge in [-0.25, -0.2) is 4.68 Å². The van der Waals surface area contributed by atoms with Crippen LogP contribution >= 0.6 is 11.8 Å². The predicted molar refractivity (Wildman–Crippen MR) is 82.2 cm³/mol. The molecule has 19 heavy (non-hydrogen) atoms. The molecule has 3 rings (SSSR count). The Morgan fingerprint density at radius 1 is 1.05 bits per heavy atom. The molecule has 0 aliphatic rings. The molecular formula is C16H16N2S. The Kier molecular flexibility index (Phi) is 3.30. The van der Waals surface area contributed by atoms with E-state index in [1.165, 1.54) is 16.5 Å². The van der Waals surface area contributed by atoms with Gasteiger partial charge in [-0.2, -0.15) is 5.10 Å². The summed E-state index contributed by atoms with van der Waals surface area (Å²) in [5.74, 6) is 0. The van der Waals surface area contributed by atoms with E-state index in [-0.39, 0.29) is 0 Å². The standard InChI is InChI=1S/C16H16N2S/c1-3-12-8-7-11-14-15(12)16(19-2)17-18(14)13-9-5-4-6-10-13/h4-11H,3H2,1-2H3. The largest absolute Gasteiger partial charge is 0.232 e. The van der Waals surface area contributed by atoms with Crippen LogP contribution in [-0.2, 0) is 6.42 Å². The molecule has 0 N–H and O–H groups in total. The van der Waals surface area contributed by atoms with E-state index >= 15 is 0 Å². The van der Waals surface area contributed by atoms with Gasteiger partial charge in [-0.05, 0) is 36.4 Å². The summed E-state index contributed by atoms with van der Waals surface area (Å²) in [5.41, 5.74) is 3.67. The molecule has 3 aromatic rings. The second kappa shape index (κ2) is 5.10. The first-order valence-electron chi connectivity index (χ1n) is 6.45. The molecule has 0 atom stereocenters. The zero-order valence-electron chi connectivity index (χ0n) is 11.1. The van der Waals surface area contributed by atoms with Crippen LogP contribution in [0.2, 0.25) is 0 Å². The van der Waals surface area contributed by atoms with Crippen LogP contribution in [-0.4, -0.2) is 16.0 Å². The number of fused-ring (bicyclic) bond motifs is 1. The molecule has 1 heterocycles. The molecule has 0 amide bonds. The number of aromatic nitrogens is 2. The third-order valence-corrected chi connectivity index (χ3v) is 4.01. The molecule has 2 aromatic carbocycles. The molecule has 0 bridgehead atoms. The molecule has 3 heteroatoms. The van der Waals surface area contributed by atoms with E-state index in [4.69, 9.17) is 5.10 Å². The molecule has 0 saturated carbocycles. The first-order valence-corrected chi connectivity index (χ1v) is 7.67. The summed E-state index contributed by atoms with van der Waals surface area (Å²) in [6.07, 6.45) is 3.12. The molecule has 96 valence electrons. The van der Waals surface area contributed by atoms with Crippen molar-refractivity contribution in [3.05, 3.63) is 54.1 Å². The lowest BCUT2D eigenvalue weighted by Gasteiger charge is -2.04. The van der Waals surface area contributed by atoms with E-state index in [0.717, 1.165) is 17.1 Å². The van der Waals surface area contributed by atoms with Crippen molar-refractivity contribution in [3.8, 4) is 5.69 Å². The zero-order chi connectivity index (χ0) is 13.2. The third kappa shape index (κ3) is 2.04. The fourth-order valence-electron chi connectivity index (χ4n) is 2.41. The molecule has 0 aliphatic carbocycles. The van der Waals surface area contributed by atoms with Crippen molar-refractivity contribution < 1.29 is 0 Å². The Morgan fingerprint density at radius 3 is 2.53 bits per heavy atom. The second-order valence-electron chi connectivity index (χ2n) is 4.42. The Morgan fingerprint density at radius 2 is 1.84 bits per heavy atom. The Labute approximate surface area is 117 Å². The fraction of sp³-hybridized carbons (Fsp3) is 0.188. The van der Waals surface area contributed by atoms with Gasteiger partial charge < -0.3 is 0 Å². The van der Waals surface area contributed by atoms with Crippen molar-refractivity contribution in [3.63, 3.8) is 0 Å². The average molecular weight is 268 g/mol. The highest BCUT2D eigenvalue weighted by Crippen LogP contribution is 2.30. The van der Waals surface area contributed by atoms with Gasteiger partial charge in [-0.1, -0.05) is 37.3 Å². The summed E-state index contributed by atoms with van der Waals surface area (Å²) < 4.78 is 2.04. The van der Waals surface area contributed by atoms with Crippen molar-refractivity contribution in [2.45, 2.75) is 18.4 Å². The first-order chi connectivity index (χ1) is 9.35. The predicted octanol–water partition coefficient (Wildman–Crippen LogP) is 4.31. The topological polar surface area (TPSA) is 17.8 Å². The van der Waals surface area contributed by atoms with E-state index in [1.807, 2.05) is 22.9 Å². The van der Waals surface area contributed by atoms with Gasteiger partial charge in [0.05, 0.1) is 11.2 Å². The second-order valence-corrected chi connectivity index (χ2v) is 5.22. The minimum Gasteiger partial charge on any atom is -0.232 e. The van der Waals surface area contributed by atoms with E-state index in [9.17, 15) is 0 Å². The monoisotopic (exact) mass is 268 g/mol. The van der Waals surface area contributed by atoms with E-state index in [2.05, 4.69) is 43.5 Å². The molecule has 0 fully saturated rings. The van der Waals surface area contributed by atoms with Crippen LogP contribution in [0.4, 0.5) is 0 Å². The Balaban J connectivity index is 2.33. The quantitative estimate of drug-likeness (QED) is 0.659. The van der Waals surface area contributed by atoms with Gasteiger partial charge in [0, 0.05) is 5.39 Å². The van der Waals surface area contributed by atoms with Crippen LogP contribution in [0.25, 0.3) is 16.6 Å². The highest BCUT2D eigenvalue weighted by molar-refractivity contribution is 7.98. The minimum atomic E-state index is 1.03. The van der Waals surface area contributed by atoms with Crippen molar-refractivity contribution >= 4 is 22.7 Å². The normalized spacial score (nSPS) is 11.1. The van der Waals surface area contributed by atoms with Crippen LogP contribution in [0, 0.1) is 0 Å². The summed E-state index contributed by atoms with van der Waals surface area (Å²) >= 11 is 1.71. The number of hydrogen-bond donors (Lipinski definition) is 0. The van der Waals surface area contributed by atoms with Gasteiger partial charge in [0.1, 0.15) is 5.03 Å². The van der Waals surface area contributed by atoms with Crippen LogP contribution < -0.4 is 0 Å². The highest BCUT2D eigenvalue weighted by Gasteiger charge is 2.13. The minimum absolute atomic E-state index is 1.03. The van der Waals surface area contributed by atoms with Crippen molar-refractivity contribution in [2.75, 3.05) is 6.26 Å². The fourth-order valence-corrected chi connectivity index (χ4v) is 3.01. The summed E-state index contributed by atoms with van der Waals surface area (Å²) in [6.45, 7) is 2.19. The molecule has 0 radical (unpaired) electrons. The zero-order valence-corrected chi connectivity index (χ0v) is 11.9. The van der Waals surface area contributed by atoms with Crippen LogP contribution in [0.1, 0.15) is 12.5 Å². The van der Waals surface area contributed by atoms with E-state index in [1.54, 1.807) is 11.8 Å². The molecule has 0 unspecified atom stereocenters. The molecule has 0 aliphatic heterocycles. The maximum Gasteiger partial charge on any atom is 0.126 e. The summed E-state index contributed by atoms with van der Waals surface area (Å²) in [6, 6.07) is 16.8. The van der Waals surface area contributed by atoms with Gasteiger partial charge in [0.25, 0.3) is 0 Å². The highest BCUT2D eigenvalue weighted by atomic mass is 32.2. The van der Waals surface area contributed by atoms with Crippen LogP contribution in [0.5, 0.6) is 0 Å². The molecule has 2 nitrogen and oxygen atoms in total. The number of benzene rings is 2. The maximum absolute atomic E-state index is 4.77. The summed E-state index contributed by atoms with van der Waals surface area (Å²) in [4.78, 5) is 0. The first kappa shape index (κ1) is 12.3. The summed E-state index contributed by atoms with van der Waals surface area (Å²) in [5, 5.41) is 7.17. The van der Waals surface area contributed by atoms with Gasteiger partial charge >= 0.3 is 0 Å².